The first kappa shape index (κ1) is 28.5. The summed E-state index contributed by atoms with van der Waals surface area (Å²) in [6.07, 6.45) is 4.09. The third-order valence-electron chi connectivity index (χ3n) is 6.30. The van der Waals surface area contributed by atoms with Crippen molar-refractivity contribution >= 4 is 56.8 Å². The Bertz CT molecular complexity index is 1340. The number of ether oxygens (including phenoxy) is 2. The highest BCUT2D eigenvalue weighted by Gasteiger charge is 2.23. The Kier molecular flexibility index (Phi) is 9.90. The molecule has 1 fully saturated rings. The van der Waals surface area contributed by atoms with E-state index in [0.717, 1.165) is 27.9 Å². The van der Waals surface area contributed by atoms with E-state index in [1.54, 1.807) is 19.3 Å². The molecule has 0 spiro atoms. The van der Waals surface area contributed by atoms with Crippen molar-refractivity contribution in [3.8, 4) is 11.5 Å². The number of benzene rings is 3. The molecule has 0 aromatic heterocycles. The van der Waals surface area contributed by atoms with Gasteiger partial charge in [-0.05, 0) is 73.2 Å². The van der Waals surface area contributed by atoms with E-state index in [0.29, 0.717) is 54.8 Å². The zero-order valence-corrected chi connectivity index (χ0v) is 24.3. The van der Waals surface area contributed by atoms with Gasteiger partial charge in [-0.2, -0.15) is 0 Å². The maximum Gasteiger partial charge on any atom is 0.253 e. The fourth-order valence-corrected chi connectivity index (χ4v) is 4.95. The van der Waals surface area contributed by atoms with Gasteiger partial charge in [0, 0.05) is 53.5 Å². The molecule has 1 heterocycles. The number of nitrogens with zero attached hydrogens (tertiary/aromatic N) is 2. The fraction of sp³-hybridized carbons (Fsp3) is 0.267. The van der Waals surface area contributed by atoms with Crippen molar-refractivity contribution in [2.24, 2.45) is 0 Å². The second kappa shape index (κ2) is 13.5. The van der Waals surface area contributed by atoms with Crippen molar-refractivity contribution < 1.29 is 19.1 Å². The average Bonchev–Trinajstić information content (AvgIpc) is 2.95. The zero-order valence-electron chi connectivity index (χ0n) is 22.0. The molecule has 0 unspecified atom stereocenters. The molecule has 0 aliphatic carbocycles. The van der Waals surface area contributed by atoms with Crippen LogP contribution >= 0.6 is 27.5 Å². The average molecular weight is 613 g/mol. The van der Waals surface area contributed by atoms with Crippen LogP contribution in [-0.4, -0.2) is 56.6 Å². The molecule has 3 aromatic carbocycles. The van der Waals surface area contributed by atoms with Gasteiger partial charge < -0.3 is 24.6 Å². The SMILES string of the molecule is CCCOc1ccc(C(=O)N2CCN(c3ccc(NC(=O)/C=C/c4cc(Br)ccc4OC)cc3Cl)CC2)cc1. The van der Waals surface area contributed by atoms with Gasteiger partial charge in [-0.15, -0.1) is 0 Å². The predicted octanol–water partition coefficient (Wildman–Crippen LogP) is 6.51. The molecular formula is C30H31BrClN3O4. The van der Waals surface area contributed by atoms with Crippen LogP contribution in [0.15, 0.2) is 71.2 Å². The summed E-state index contributed by atoms with van der Waals surface area (Å²) in [5, 5.41) is 3.38. The van der Waals surface area contributed by atoms with Crippen molar-refractivity contribution in [3.05, 3.63) is 87.4 Å². The maximum atomic E-state index is 13.0. The lowest BCUT2D eigenvalue weighted by atomic mass is 10.1. The number of carbonyl (C=O) groups excluding carboxylic acids is 2. The molecule has 39 heavy (non-hydrogen) atoms. The number of anilines is 2. The number of halogens is 2. The summed E-state index contributed by atoms with van der Waals surface area (Å²) in [5.41, 5.74) is 2.90. The van der Waals surface area contributed by atoms with E-state index in [4.69, 9.17) is 21.1 Å². The molecule has 9 heteroatoms. The molecule has 0 atom stereocenters. The third kappa shape index (κ3) is 7.55. The number of hydrogen-bond donors (Lipinski definition) is 1. The van der Waals surface area contributed by atoms with Crippen LogP contribution < -0.4 is 19.7 Å². The van der Waals surface area contributed by atoms with Gasteiger partial charge in [0.2, 0.25) is 5.91 Å². The molecule has 0 saturated carbocycles. The summed E-state index contributed by atoms with van der Waals surface area (Å²) in [7, 11) is 1.59. The normalized spacial score (nSPS) is 13.4. The van der Waals surface area contributed by atoms with Crippen LogP contribution in [-0.2, 0) is 4.79 Å². The van der Waals surface area contributed by atoms with Gasteiger partial charge in [0.25, 0.3) is 5.91 Å². The highest BCUT2D eigenvalue weighted by atomic mass is 79.9. The highest BCUT2D eigenvalue weighted by molar-refractivity contribution is 9.10. The van der Waals surface area contributed by atoms with Gasteiger partial charge in [0.05, 0.1) is 24.4 Å². The molecule has 0 radical (unpaired) electrons. The number of piperazine rings is 1. The number of hydrogen-bond acceptors (Lipinski definition) is 5. The van der Waals surface area contributed by atoms with E-state index in [2.05, 4.69) is 33.1 Å². The number of amides is 2. The molecule has 2 amide bonds. The Morgan fingerprint density at radius 2 is 1.77 bits per heavy atom. The predicted molar refractivity (Wildman–Crippen MR) is 160 cm³/mol. The summed E-state index contributed by atoms with van der Waals surface area (Å²) in [5.74, 6) is 1.17. The van der Waals surface area contributed by atoms with Gasteiger partial charge in [0.1, 0.15) is 11.5 Å². The summed E-state index contributed by atoms with van der Waals surface area (Å²) in [6, 6.07) is 18.3. The van der Waals surface area contributed by atoms with Gasteiger partial charge in [0.15, 0.2) is 0 Å². The molecule has 0 bridgehead atoms. The van der Waals surface area contributed by atoms with Gasteiger partial charge in [-0.3, -0.25) is 9.59 Å². The number of carbonyl (C=O) groups is 2. The smallest absolute Gasteiger partial charge is 0.253 e. The first-order valence-electron chi connectivity index (χ1n) is 12.8. The zero-order chi connectivity index (χ0) is 27.8. The van der Waals surface area contributed by atoms with Crippen LogP contribution in [0.2, 0.25) is 5.02 Å². The van der Waals surface area contributed by atoms with Gasteiger partial charge in [-0.25, -0.2) is 0 Å². The fourth-order valence-electron chi connectivity index (χ4n) is 4.27. The number of methoxy groups -OCH3 is 1. The standard InChI is InChI=1S/C30H31BrClN3O4/c1-3-18-39-25-9-4-21(5-10-25)30(37)35-16-14-34(15-17-35)27-11-8-24(20-26(27)32)33-29(36)13-6-22-19-23(31)7-12-28(22)38-2/h4-13,19-20H,3,14-18H2,1-2H3,(H,33,36)/b13-6+. The first-order chi connectivity index (χ1) is 18.9. The van der Waals surface area contributed by atoms with E-state index in [9.17, 15) is 9.59 Å². The molecule has 204 valence electrons. The molecule has 3 aromatic rings. The van der Waals surface area contributed by atoms with Crippen molar-refractivity contribution in [1.82, 2.24) is 4.90 Å². The Morgan fingerprint density at radius 1 is 1.03 bits per heavy atom. The lowest BCUT2D eigenvalue weighted by molar-refractivity contribution is -0.111. The second-order valence-corrected chi connectivity index (χ2v) is 10.4. The van der Waals surface area contributed by atoms with Crippen LogP contribution in [0.5, 0.6) is 11.5 Å². The highest BCUT2D eigenvalue weighted by Crippen LogP contribution is 2.30. The van der Waals surface area contributed by atoms with Crippen LogP contribution in [0.4, 0.5) is 11.4 Å². The summed E-state index contributed by atoms with van der Waals surface area (Å²) >= 11 is 10.0. The van der Waals surface area contributed by atoms with E-state index < -0.39 is 0 Å². The van der Waals surface area contributed by atoms with Crippen LogP contribution in [0, 0.1) is 0 Å². The molecule has 1 saturated heterocycles. The molecular weight excluding hydrogens is 582 g/mol. The number of rotatable bonds is 9. The summed E-state index contributed by atoms with van der Waals surface area (Å²) in [4.78, 5) is 29.5. The largest absolute Gasteiger partial charge is 0.496 e. The van der Waals surface area contributed by atoms with Crippen LogP contribution in [0.3, 0.4) is 0 Å². The Balaban J connectivity index is 1.32. The van der Waals surface area contributed by atoms with Crippen molar-refractivity contribution in [1.29, 1.82) is 0 Å². The Morgan fingerprint density at radius 3 is 2.44 bits per heavy atom. The lowest BCUT2D eigenvalue weighted by Crippen LogP contribution is -2.48. The summed E-state index contributed by atoms with van der Waals surface area (Å²) in [6.45, 7) is 5.21. The summed E-state index contributed by atoms with van der Waals surface area (Å²) < 4.78 is 11.8. The Hall–Kier alpha value is -3.49. The maximum absolute atomic E-state index is 13.0. The van der Waals surface area contributed by atoms with Crippen molar-refractivity contribution in [2.45, 2.75) is 13.3 Å². The number of nitrogens with one attached hydrogen (secondary N) is 1. The minimum atomic E-state index is -0.280. The molecule has 4 rings (SSSR count). The molecule has 1 aliphatic rings. The Labute approximate surface area is 242 Å². The van der Waals surface area contributed by atoms with E-state index in [-0.39, 0.29) is 11.8 Å². The molecule has 1 N–H and O–H groups in total. The van der Waals surface area contributed by atoms with Gasteiger partial charge >= 0.3 is 0 Å². The first-order valence-corrected chi connectivity index (χ1v) is 13.9. The van der Waals surface area contributed by atoms with E-state index in [1.165, 1.54) is 6.08 Å². The minimum absolute atomic E-state index is 0.00869. The second-order valence-electron chi connectivity index (χ2n) is 9.03. The lowest BCUT2D eigenvalue weighted by Gasteiger charge is -2.36. The van der Waals surface area contributed by atoms with E-state index >= 15 is 0 Å². The van der Waals surface area contributed by atoms with Crippen molar-refractivity contribution in [2.75, 3.05) is 50.1 Å². The molecule has 1 aliphatic heterocycles. The third-order valence-corrected chi connectivity index (χ3v) is 7.10. The minimum Gasteiger partial charge on any atom is -0.496 e. The quantitative estimate of drug-likeness (QED) is 0.279. The topological polar surface area (TPSA) is 71.1 Å². The molecule has 7 nitrogen and oxygen atoms in total. The van der Waals surface area contributed by atoms with Crippen molar-refractivity contribution in [3.63, 3.8) is 0 Å². The van der Waals surface area contributed by atoms with Gasteiger partial charge in [-0.1, -0.05) is 34.5 Å². The van der Waals surface area contributed by atoms with Crippen LogP contribution in [0.25, 0.3) is 6.08 Å². The van der Waals surface area contributed by atoms with E-state index in [1.807, 2.05) is 59.5 Å². The van der Waals surface area contributed by atoms with Crippen LogP contribution in [0.1, 0.15) is 29.3 Å². The monoisotopic (exact) mass is 611 g/mol.